The monoisotopic (exact) mass is 252 g/mol. The zero-order valence-electron chi connectivity index (χ0n) is 9.14. The topological polar surface area (TPSA) is 98.1 Å². The molecule has 0 aliphatic rings. The number of nitrogens with zero attached hydrogens (tertiary/aromatic N) is 1. The van der Waals surface area contributed by atoms with Gasteiger partial charge in [-0.25, -0.2) is 0 Å². The molecule has 0 aliphatic heterocycles. The molecular formula is C10H11N3O3P+. The quantitative estimate of drug-likeness (QED) is 0.870. The average Bonchev–Trinajstić information content (AvgIpc) is 2.28. The minimum absolute atomic E-state index is 0.197. The normalized spacial score (nSPS) is 11.5. The molecule has 0 saturated carbocycles. The molecule has 0 bridgehead atoms. The maximum atomic E-state index is 11.8. The number of ether oxygens (including phenoxy) is 1. The molecule has 2 rings (SSSR count). The van der Waals surface area contributed by atoms with Crippen LogP contribution in [0.4, 0.5) is 0 Å². The van der Waals surface area contributed by atoms with Crippen LogP contribution in [0.2, 0.25) is 0 Å². The van der Waals surface area contributed by atoms with Crippen LogP contribution in [0.3, 0.4) is 0 Å². The number of carbonyl (C=O) groups is 1. The van der Waals surface area contributed by atoms with Crippen LogP contribution in [0.5, 0.6) is 6.01 Å². The van der Waals surface area contributed by atoms with Crippen LogP contribution in [-0.2, 0) is 4.57 Å². The second kappa shape index (κ2) is 4.51. The Kier molecular flexibility index (Phi) is 3.06. The molecule has 3 N–H and O–H groups in total. The fourth-order valence-electron chi connectivity index (χ4n) is 1.42. The predicted octanol–water partition coefficient (Wildman–Crippen LogP) is 1.80. The molecule has 1 amide bonds. The number of benzene rings is 1. The van der Waals surface area contributed by atoms with Crippen molar-refractivity contribution in [3.63, 3.8) is 0 Å². The van der Waals surface area contributed by atoms with Gasteiger partial charge in [-0.1, -0.05) is 0 Å². The highest BCUT2D eigenvalue weighted by atomic mass is 31.1. The van der Waals surface area contributed by atoms with Gasteiger partial charge in [-0.2, -0.15) is 4.98 Å². The summed E-state index contributed by atoms with van der Waals surface area (Å²) >= 11 is 0. The lowest BCUT2D eigenvalue weighted by Crippen LogP contribution is -2.10. The van der Waals surface area contributed by atoms with Crippen LogP contribution in [0.25, 0.3) is 10.6 Å². The van der Waals surface area contributed by atoms with Gasteiger partial charge >= 0.3 is 13.6 Å². The second-order valence-electron chi connectivity index (χ2n) is 3.32. The van der Waals surface area contributed by atoms with E-state index in [0.29, 0.717) is 22.8 Å². The molecule has 0 aliphatic carbocycles. The van der Waals surface area contributed by atoms with Gasteiger partial charge in [0.25, 0.3) is 0 Å². The largest absolute Gasteiger partial charge is 0.505 e. The molecule has 17 heavy (non-hydrogen) atoms. The number of hydrogen-bond acceptors (Lipinski definition) is 4. The first-order chi connectivity index (χ1) is 8.11. The molecule has 1 aromatic carbocycles. The maximum Gasteiger partial charge on any atom is 0.505 e. The van der Waals surface area contributed by atoms with Crippen molar-refractivity contribution in [2.24, 2.45) is 5.73 Å². The number of H-pyrrole nitrogens is 1. The van der Waals surface area contributed by atoms with Crippen LogP contribution in [0.15, 0.2) is 18.2 Å². The maximum absolute atomic E-state index is 11.8. The molecule has 7 heteroatoms. The van der Waals surface area contributed by atoms with E-state index in [1.54, 1.807) is 13.0 Å². The number of aromatic nitrogens is 2. The van der Waals surface area contributed by atoms with E-state index in [1.165, 1.54) is 12.1 Å². The van der Waals surface area contributed by atoms with Crippen molar-refractivity contribution in [3.05, 3.63) is 23.8 Å². The lowest BCUT2D eigenvalue weighted by molar-refractivity contribution is 0.100. The Morgan fingerprint density at radius 1 is 1.59 bits per heavy atom. The summed E-state index contributed by atoms with van der Waals surface area (Å²) in [7, 11) is -1.80. The van der Waals surface area contributed by atoms with Crippen LogP contribution in [0.1, 0.15) is 17.3 Å². The molecule has 1 atom stereocenters. The Morgan fingerprint density at radius 3 is 3.00 bits per heavy atom. The minimum Gasteiger partial charge on any atom is -0.463 e. The molecule has 2 aromatic rings. The van der Waals surface area contributed by atoms with E-state index < -0.39 is 13.5 Å². The van der Waals surface area contributed by atoms with Crippen molar-refractivity contribution >= 4 is 24.1 Å². The predicted molar refractivity (Wildman–Crippen MR) is 63.4 cm³/mol. The fourth-order valence-corrected chi connectivity index (χ4v) is 2.36. The highest BCUT2D eigenvalue weighted by Crippen LogP contribution is 2.27. The van der Waals surface area contributed by atoms with Crippen molar-refractivity contribution in [1.29, 1.82) is 0 Å². The van der Waals surface area contributed by atoms with E-state index in [1.807, 2.05) is 0 Å². The smallest absolute Gasteiger partial charge is 0.463 e. The van der Waals surface area contributed by atoms with Crippen molar-refractivity contribution in [2.45, 2.75) is 6.92 Å². The lowest BCUT2D eigenvalue weighted by Gasteiger charge is -1.99. The van der Waals surface area contributed by atoms with Crippen LogP contribution in [0, 0.1) is 0 Å². The summed E-state index contributed by atoms with van der Waals surface area (Å²) in [6, 6.07) is 4.80. The number of nitrogens with one attached hydrogen (secondary N) is 1. The van der Waals surface area contributed by atoms with Gasteiger partial charge in [-0.3, -0.25) is 4.79 Å². The summed E-state index contributed by atoms with van der Waals surface area (Å²) in [5.74, 6) is -0.547. The number of nitrogens with two attached hydrogens (primary N) is 1. The van der Waals surface area contributed by atoms with Gasteiger partial charge in [-0.05, 0) is 29.7 Å². The third kappa shape index (κ3) is 2.26. The Morgan fingerprint density at radius 2 is 2.35 bits per heavy atom. The number of primary amides is 1. The van der Waals surface area contributed by atoms with E-state index in [0.717, 1.165) is 0 Å². The Bertz CT molecular complexity index is 638. The van der Waals surface area contributed by atoms with Crippen molar-refractivity contribution in [3.8, 4) is 6.01 Å². The summed E-state index contributed by atoms with van der Waals surface area (Å²) in [5.41, 5.74) is 5.94. The molecular weight excluding hydrogens is 241 g/mol. The van der Waals surface area contributed by atoms with Gasteiger partial charge in [0.05, 0.1) is 6.61 Å². The van der Waals surface area contributed by atoms with Gasteiger partial charge in [0.1, 0.15) is 5.52 Å². The van der Waals surface area contributed by atoms with Gasteiger partial charge in [0.15, 0.2) is 0 Å². The Balaban J connectivity index is 2.66. The number of hydrogen-bond donors (Lipinski definition) is 2. The van der Waals surface area contributed by atoms with E-state index >= 15 is 0 Å². The van der Waals surface area contributed by atoms with Gasteiger partial charge < -0.3 is 10.5 Å². The fraction of sp³-hybridized carbons (Fsp3) is 0.200. The number of rotatable bonds is 3. The highest BCUT2D eigenvalue weighted by Gasteiger charge is 2.15. The third-order valence-electron chi connectivity index (χ3n) is 2.18. The molecule has 0 spiro atoms. The van der Waals surface area contributed by atoms with Crippen LogP contribution >= 0.6 is 7.57 Å². The molecule has 1 aromatic heterocycles. The summed E-state index contributed by atoms with van der Waals surface area (Å²) < 4.78 is 19.6. The van der Waals surface area contributed by atoms with Crippen molar-refractivity contribution in [1.82, 2.24) is 9.73 Å². The molecule has 6 nitrogen and oxygen atoms in total. The summed E-state index contributed by atoms with van der Waals surface area (Å²) in [6.07, 6.45) is 0. The van der Waals surface area contributed by atoms with Gasteiger partial charge in [0, 0.05) is 5.56 Å². The molecule has 1 unspecified atom stereocenters. The van der Waals surface area contributed by atoms with Crippen molar-refractivity contribution in [2.75, 3.05) is 6.61 Å². The molecule has 0 radical (unpaired) electrons. The SMILES string of the molecule is CCOc1nc2cc(C(N)=O)ccc2[p+](=O)[nH]1. The summed E-state index contributed by atoms with van der Waals surface area (Å²) in [4.78, 5) is 15.1. The first kappa shape index (κ1) is 11.5. The number of amides is 1. The standard InChI is InChI=1S/C10H10N3O3P/c1-2-16-10-12-7-5-6(9(11)14)3-4-8(7)17(15)13-10/h3-5H,2H2,1H3,(H2-,11,12,13,14,15)/p+1. The first-order valence-corrected chi connectivity index (χ1v) is 6.27. The summed E-state index contributed by atoms with van der Waals surface area (Å²) in [6.45, 7) is 2.21. The zero-order chi connectivity index (χ0) is 12.4. The number of fused-ring (bicyclic) bond motifs is 1. The Hall–Kier alpha value is -1.94. The minimum atomic E-state index is -1.80. The van der Waals surface area contributed by atoms with Crippen molar-refractivity contribution < 1.29 is 14.1 Å². The first-order valence-electron chi connectivity index (χ1n) is 5.01. The molecule has 0 fully saturated rings. The average molecular weight is 252 g/mol. The third-order valence-corrected chi connectivity index (χ3v) is 3.39. The second-order valence-corrected chi connectivity index (χ2v) is 4.62. The van der Waals surface area contributed by atoms with E-state index in [4.69, 9.17) is 10.5 Å². The van der Waals surface area contributed by atoms with Gasteiger partial charge in [0.2, 0.25) is 11.0 Å². The van der Waals surface area contributed by atoms with Crippen LogP contribution in [-0.4, -0.2) is 22.2 Å². The number of carbonyl (C=O) groups excluding carboxylic acids is 1. The zero-order valence-corrected chi connectivity index (χ0v) is 10.0. The molecule has 0 saturated heterocycles. The molecule has 1 heterocycles. The Labute approximate surface area is 97.6 Å². The number of aromatic amines is 1. The summed E-state index contributed by atoms with van der Waals surface area (Å²) in [5, 5.41) is 0.536. The van der Waals surface area contributed by atoms with E-state index in [-0.39, 0.29) is 6.01 Å². The van der Waals surface area contributed by atoms with E-state index in [2.05, 4.69) is 9.73 Å². The van der Waals surface area contributed by atoms with Crippen LogP contribution < -0.4 is 10.5 Å². The van der Waals surface area contributed by atoms with Gasteiger partial charge in [-0.15, -0.1) is 4.75 Å². The molecule has 88 valence electrons. The van der Waals surface area contributed by atoms with E-state index in [9.17, 15) is 9.36 Å². The highest BCUT2D eigenvalue weighted by molar-refractivity contribution is 7.39. The lowest BCUT2D eigenvalue weighted by atomic mass is 10.2.